The number of carbonyl (C=O) groups excluding carboxylic acids is 3. The van der Waals surface area contributed by atoms with Gasteiger partial charge in [-0.3, -0.25) is 14.9 Å². The van der Waals surface area contributed by atoms with Crippen LogP contribution in [0.4, 0.5) is 10.5 Å². The third kappa shape index (κ3) is 3.78. The molecule has 0 bridgehead atoms. The van der Waals surface area contributed by atoms with E-state index in [4.69, 9.17) is 11.6 Å². The molecule has 1 N–H and O–H groups in total. The monoisotopic (exact) mass is 433 g/mol. The summed E-state index contributed by atoms with van der Waals surface area (Å²) in [5.41, 5.74) is 4.62. The van der Waals surface area contributed by atoms with Gasteiger partial charge in [0.25, 0.3) is 11.8 Å². The highest BCUT2D eigenvalue weighted by atomic mass is 35.5. The van der Waals surface area contributed by atoms with Crippen molar-refractivity contribution in [1.29, 1.82) is 0 Å². The second-order valence-electron chi connectivity index (χ2n) is 7.44. The molecule has 156 valence electrons. The van der Waals surface area contributed by atoms with Crippen LogP contribution >= 0.6 is 11.6 Å². The molecule has 1 aliphatic heterocycles. The quantitative estimate of drug-likeness (QED) is 0.479. The van der Waals surface area contributed by atoms with Gasteiger partial charge in [-0.25, -0.2) is 9.69 Å². The molecule has 0 saturated carbocycles. The Hall–Kier alpha value is -3.64. The van der Waals surface area contributed by atoms with Crippen molar-refractivity contribution in [3.05, 3.63) is 87.7 Å². The van der Waals surface area contributed by atoms with Gasteiger partial charge in [0, 0.05) is 22.1 Å². The van der Waals surface area contributed by atoms with E-state index in [1.165, 1.54) is 6.08 Å². The van der Waals surface area contributed by atoms with Crippen LogP contribution in [-0.2, 0) is 9.59 Å². The fraction of sp³-hybridized carbons (Fsp3) is 0.125. The van der Waals surface area contributed by atoms with E-state index >= 15 is 0 Å². The van der Waals surface area contributed by atoms with Gasteiger partial charge in [-0.2, -0.15) is 0 Å². The molecule has 1 fully saturated rings. The maximum absolute atomic E-state index is 13.1. The summed E-state index contributed by atoms with van der Waals surface area (Å²) >= 11 is 6.00. The molecule has 7 heteroatoms. The predicted molar refractivity (Wildman–Crippen MR) is 120 cm³/mol. The first-order chi connectivity index (χ1) is 14.8. The van der Waals surface area contributed by atoms with Crippen molar-refractivity contribution in [1.82, 2.24) is 9.88 Å². The van der Waals surface area contributed by atoms with Crippen molar-refractivity contribution in [2.75, 3.05) is 4.90 Å². The molecule has 1 aromatic heterocycles. The number of imide groups is 2. The van der Waals surface area contributed by atoms with Gasteiger partial charge in [-0.1, -0.05) is 23.7 Å². The van der Waals surface area contributed by atoms with E-state index in [0.29, 0.717) is 16.3 Å². The van der Waals surface area contributed by atoms with Crippen LogP contribution in [0.3, 0.4) is 0 Å². The average molecular weight is 434 g/mol. The van der Waals surface area contributed by atoms with E-state index in [-0.39, 0.29) is 5.57 Å². The van der Waals surface area contributed by atoms with Gasteiger partial charge in [0.2, 0.25) is 0 Å². The minimum Gasteiger partial charge on any atom is -0.318 e. The van der Waals surface area contributed by atoms with Crippen LogP contribution in [0.15, 0.2) is 60.2 Å². The Labute approximate surface area is 184 Å². The van der Waals surface area contributed by atoms with Crippen LogP contribution in [-0.4, -0.2) is 22.4 Å². The lowest BCUT2D eigenvalue weighted by molar-refractivity contribution is -0.122. The van der Waals surface area contributed by atoms with Gasteiger partial charge in [0.15, 0.2) is 0 Å². The van der Waals surface area contributed by atoms with Crippen molar-refractivity contribution >= 4 is 41.2 Å². The van der Waals surface area contributed by atoms with Crippen molar-refractivity contribution in [2.45, 2.75) is 20.8 Å². The topological polar surface area (TPSA) is 71.4 Å². The second-order valence-corrected chi connectivity index (χ2v) is 7.87. The molecule has 0 spiro atoms. The lowest BCUT2D eigenvalue weighted by Crippen LogP contribution is -2.54. The molecule has 0 radical (unpaired) electrons. The summed E-state index contributed by atoms with van der Waals surface area (Å²) in [5, 5.41) is 2.90. The Morgan fingerprint density at radius 1 is 0.903 bits per heavy atom. The highest BCUT2D eigenvalue weighted by Gasteiger charge is 2.37. The number of nitrogens with zero attached hydrogens (tertiary/aromatic N) is 2. The molecule has 0 aliphatic carbocycles. The molecular formula is C24H20ClN3O3. The number of urea groups is 1. The Morgan fingerprint density at radius 3 is 2.29 bits per heavy atom. The van der Waals surface area contributed by atoms with Crippen molar-refractivity contribution in [3.63, 3.8) is 0 Å². The number of aromatic nitrogens is 1. The number of anilines is 1. The number of benzene rings is 2. The number of rotatable bonds is 3. The summed E-state index contributed by atoms with van der Waals surface area (Å²) in [6, 6.07) is 15.5. The summed E-state index contributed by atoms with van der Waals surface area (Å²) in [5.74, 6) is -1.37. The molecule has 1 saturated heterocycles. The second kappa shape index (κ2) is 7.89. The normalized spacial score (nSPS) is 15.5. The molecule has 6 nitrogen and oxygen atoms in total. The lowest BCUT2D eigenvalue weighted by Gasteiger charge is -2.26. The Morgan fingerprint density at radius 2 is 1.61 bits per heavy atom. The highest BCUT2D eigenvalue weighted by molar-refractivity contribution is 6.39. The molecule has 1 aliphatic rings. The molecule has 0 atom stereocenters. The van der Waals surface area contributed by atoms with Crippen LogP contribution in [0.5, 0.6) is 0 Å². The maximum Gasteiger partial charge on any atom is 0.335 e. The number of hydrogen-bond donors (Lipinski definition) is 1. The number of barbiturate groups is 1. The van der Waals surface area contributed by atoms with Crippen LogP contribution < -0.4 is 10.2 Å². The van der Waals surface area contributed by atoms with Crippen molar-refractivity contribution < 1.29 is 14.4 Å². The van der Waals surface area contributed by atoms with Gasteiger partial charge in [-0.15, -0.1) is 0 Å². The zero-order chi connectivity index (χ0) is 22.3. The third-order valence-electron chi connectivity index (χ3n) is 5.22. The molecule has 2 heterocycles. The highest BCUT2D eigenvalue weighted by Crippen LogP contribution is 2.26. The number of aryl methyl sites for hydroxylation is 2. The first-order valence-electron chi connectivity index (χ1n) is 9.69. The fourth-order valence-electron chi connectivity index (χ4n) is 3.74. The van der Waals surface area contributed by atoms with Crippen molar-refractivity contribution in [3.8, 4) is 5.69 Å². The van der Waals surface area contributed by atoms with E-state index in [9.17, 15) is 14.4 Å². The van der Waals surface area contributed by atoms with E-state index < -0.39 is 17.8 Å². The molecule has 3 aromatic rings. The van der Waals surface area contributed by atoms with Gasteiger partial charge < -0.3 is 4.57 Å². The first-order valence-corrected chi connectivity index (χ1v) is 10.1. The molecule has 31 heavy (non-hydrogen) atoms. The summed E-state index contributed by atoms with van der Waals surface area (Å²) in [6.45, 7) is 5.71. The lowest BCUT2D eigenvalue weighted by atomic mass is 10.1. The summed E-state index contributed by atoms with van der Waals surface area (Å²) in [6.07, 6.45) is 1.53. The predicted octanol–water partition coefficient (Wildman–Crippen LogP) is 4.72. The standard InChI is InChI=1S/C24H20ClN3O3/c1-14-5-4-6-20(11-14)28-23(30)21(22(29)26-24(28)31)13-17-12-15(2)27(16(17)3)19-9-7-18(25)8-10-19/h4-13H,1-3H3,(H,26,29,31)/b21-13+. The van der Waals surface area contributed by atoms with Crippen LogP contribution in [0, 0.1) is 20.8 Å². The van der Waals surface area contributed by atoms with E-state index in [2.05, 4.69) is 5.32 Å². The number of nitrogens with one attached hydrogen (secondary N) is 1. The van der Waals surface area contributed by atoms with Crippen LogP contribution in [0.1, 0.15) is 22.5 Å². The zero-order valence-corrected chi connectivity index (χ0v) is 18.0. The number of hydrogen-bond acceptors (Lipinski definition) is 3. The summed E-state index contributed by atoms with van der Waals surface area (Å²) in [4.78, 5) is 39.0. The molecule has 4 amide bonds. The van der Waals surface area contributed by atoms with Crippen LogP contribution in [0.25, 0.3) is 11.8 Å². The van der Waals surface area contributed by atoms with Gasteiger partial charge in [0.1, 0.15) is 5.57 Å². The van der Waals surface area contributed by atoms with Gasteiger partial charge >= 0.3 is 6.03 Å². The summed E-state index contributed by atoms with van der Waals surface area (Å²) in [7, 11) is 0. The Balaban J connectivity index is 1.76. The van der Waals surface area contributed by atoms with Crippen LogP contribution in [0.2, 0.25) is 5.02 Å². The smallest absolute Gasteiger partial charge is 0.318 e. The Bertz CT molecular complexity index is 1260. The van der Waals surface area contributed by atoms with E-state index in [1.807, 2.05) is 49.6 Å². The molecular weight excluding hydrogens is 414 g/mol. The first kappa shape index (κ1) is 20.6. The number of halogens is 1. The molecule has 4 rings (SSSR count). The maximum atomic E-state index is 13.1. The average Bonchev–Trinajstić information content (AvgIpc) is 2.99. The minimum atomic E-state index is -0.760. The molecule has 2 aromatic carbocycles. The van der Waals surface area contributed by atoms with Gasteiger partial charge in [0.05, 0.1) is 5.69 Å². The zero-order valence-electron chi connectivity index (χ0n) is 17.3. The van der Waals surface area contributed by atoms with E-state index in [0.717, 1.165) is 27.5 Å². The Kier molecular flexibility index (Phi) is 5.25. The fourth-order valence-corrected chi connectivity index (χ4v) is 3.86. The third-order valence-corrected chi connectivity index (χ3v) is 5.47. The van der Waals surface area contributed by atoms with Gasteiger partial charge in [-0.05, 0) is 80.4 Å². The SMILES string of the molecule is Cc1cccc(N2C(=O)NC(=O)/C(=C\c3cc(C)n(-c4ccc(Cl)cc4)c3C)C2=O)c1. The number of carbonyl (C=O) groups is 3. The molecule has 0 unspecified atom stereocenters. The summed E-state index contributed by atoms with van der Waals surface area (Å²) < 4.78 is 2.01. The van der Waals surface area contributed by atoms with E-state index in [1.54, 1.807) is 30.3 Å². The minimum absolute atomic E-state index is 0.0996. The largest absolute Gasteiger partial charge is 0.335 e. The number of amides is 4. The van der Waals surface area contributed by atoms with Crippen molar-refractivity contribution in [2.24, 2.45) is 0 Å².